The molecule has 0 fully saturated rings. The molecular weight excluding hydrogens is 679 g/mol. The first-order valence-corrected chi connectivity index (χ1v) is 23.4. The monoisotopic (exact) mass is 754 g/mol. The molecule has 0 N–H and O–H groups in total. The van der Waals surface area contributed by atoms with Crippen LogP contribution in [0.5, 0.6) is 0 Å². The van der Waals surface area contributed by atoms with E-state index in [0.29, 0.717) is 25.0 Å². The Balaban J connectivity index is -0.000000566. The molecule has 0 rings (SSSR count). The Morgan fingerprint density at radius 2 is 0.837 bits per heavy atom. The molecule has 0 aromatic heterocycles. The number of unbranched alkanes of at least 4 members (excludes halogenated alkanes) is 12. The van der Waals surface area contributed by atoms with Crippen molar-refractivity contribution in [2.45, 2.75) is 179 Å². The van der Waals surface area contributed by atoms with Crippen LogP contribution in [0.1, 0.15) is 170 Å². The molecule has 4 nitrogen and oxygen atoms in total. The third-order valence-electron chi connectivity index (χ3n) is 7.72. The molecule has 0 aliphatic rings. The van der Waals surface area contributed by atoms with Gasteiger partial charge in [0.25, 0.3) is 0 Å². The van der Waals surface area contributed by atoms with Crippen molar-refractivity contribution in [2.75, 3.05) is 24.7 Å². The number of rotatable bonds is 28. The average molecular weight is 754 g/mol. The SMILES string of the molecule is CCCCC(CC)COC(=O)CS.CCCCC(CC)COC(=O)CS.CCCCCCC[CH2][Sn][CH2]CCCCCCC. The zero-order chi connectivity index (χ0) is 32.8. The van der Waals surface area contributed by atoms with Crippen molar-refractivity contribution in [2.24, 2.45) is 11.8 Å². The summed E-state index contributed by atoms with van der Waals surface area (Å²) in [5, 5.41) is 0. The summed E-state index contributed by atoms with van der Waals surface area (Å²) >= 11 is 7.76. The fourth-order valence-electron chi connectivity index (χ4n) is 4.49. The van der Waals surface area contributed by atoms with E-state index >= 15 is 0 Å². The summed E-state index contributed by atoms with van der Waals surface area (Å²) < 4.78 is 13.4. The standard InChI is InChI=1S/2C10H20O2S.2C8H17.Sn/c2*1-3-5-6-9(4-2)7-12-10(11)8-13;2*1-3-5-7-8-6-4-2;/h2*9,13H,3-8H2,1-2H3;2*1,3-8H2,2H3;. The summed E-state index contributed by atoms with van der Waals surface area (Å²) in [6.45, 7) is 14.3. The topological polar surface area (TPSA) is 52.6 Å². The fourth-order valence-corrected chi connectivity index (χ4v) is 8.24. The van der Waals surface area contributed by atoms with Crippen molar-refractivity contribution in [1.82, 2.24) is 0 Å². The van der Waals surface area contributed by atoms with Crippen molar-refractivity contribution in [1.29, 1.82) is 0 Å². The summed E-state index contributed by atoms with van der Waals surface area (Å²) in [6, 6.07) is 0. The zero-order valence-electron chi connectivity index (χ0n) is 29.6. The van der Waals surface area contributed by atoms with Crippen LogP contribution >= 0.6 is 25.3 Å². The molecule has 0 aromatic carbocycles. The van der Waals surface area contributed by atoms with Crippen LogP contribution in [0.4, 0.5) is 0 Å². The van der Waals surface area contributed by atoms with Crippen molar-refractivity contribution < 1.29 is 19.1 Å². The molecular formula is C36H74O4S2Sn. The molecule has 0 aliphatic heterocycles. The third kappa shape index (κ3) is 42.4. The van der Waals surface area contributed by atoms with Gasteiger partial charge in [-0.1, -0.05) is 66.2 Å². The first-order valence-electron chi connectivity index (χ1n) is 18.1. The molecule has 0 amide bonds. The molecule has 0 saturated heterocycles. The molecule has 2 unspecified atom stereocenters. The van der Waals surface area contributed by atoms with Crippen molar-refractivity contribution >= 4 is 58.3 Å². The number of esters is 2. The molecule has 0 heterocycles. The maximum atomic E-state index is 10.8. The first-order chi connectivity index (χ1) is 20.9. The summed E-state index contributed by atoms with van der Waals surface area (Å²) in [5.41, 5.74) is 0. The van der Waals surface area contributed by atoms with Gasteiger partial charge in [-0.15, -0.1) is 0 Å². The average Bonchev–Trinajstić information content (AvgIpc) is 3.03. The quantitative estimate of drug-likeness (QED) is 0.0362. The van der Waals surface area contributed by atoms with Gasteiger partial charge in [0.1, 0.15) is 0 Å². The Morgan fingerprint density at radius 1 is 0.512 bits per heavy atom. The van der Waals surface area contributed by atoms with Gasteiger partial charge in [0.15, 0.2) is 0 Å². The van der Waals surface area contributed by atoms with Crippen molar-refractivity contribution in [3.05, 3.63) is 0 Å². The Bertz CT molecular complexity index is 505. The van der Waals surface area contributed by atoms with Crippen molar-refractivity contribution in [3.8, 4) is 0 Å². The van der Waals surface area contributed by atoms with Crippen LogP contribution in [-0.4, -0.2) is 57.8 Å². The molecule has 2 atom stereocenters. The molecule has 43 heavy (non-hydrogen) atoms. The molecule has 0 aromatic rings. The predicted octanol–water partition coefficient (Wildman–Crippen LogP) is 11.6. The summed E-state index contributed by atoms with van der Waals surface area (Å²) in [5.74, 6) is 1.01. The second-order valence-electron chi connectivity index (χ2n) is 11.8. The van der Waals surface area contributed by atoms with Crippen LogP contribution in [-0.2, 0) is 19.1 Å². The van der Waals surface area contributed by atoms with Gasteiger partial charge in [-0.3, -0.25) is 9.59 Å². The molecule has 7 heteroatoms. The Kier molecular flexibility index (Phi) is 47.2. The number of ether oxygens (including phenoxy) is 2. The summed E-state index contributed by atoms with van der Waals surface area (Å²) in [4.78, 5) is 21.6. The summed E-state index contributed by atoms with van der Waals surface area (Å²) in [6.07, 6.45) is 27.2. The van der Waals surface area contributed by atoms with Gasteiger partial charge in [0, 0.05) is 0 Å². The fraction of sp³-hybridized carbons (Fsp3) is 0.944. The Hall–Kier alpha value is 0.439. The normalized spacial score (nSPS) is 11.9. The molecule has 0 bridgehead atoms. The maximum absolute atomic E-state index is 10.8. The van der Waals surface area contributed by atoms with Gasteiger partial charge in [0.2, 0.25) is 0 Å². The van der Waals surface area contributed by atoms with E-state index in [-0.39, 0.29) is 44.6 Å². The van der Waals surface area contributed by atoms with Gasteiger partial charge < -0.3 is 9.47 Å². The van der Waals surface area contributed by atoms with E-state index in [1.54, 1.807) is 21.7 Å². The first kappa shape index (κ1) is 47.8. The second-order valence-corrected chi connectivity index (χ2v) is 16.7. The second kappa shape index (κ2) is 42.4. The van der Waals surface area contributed by atoms with E-state index in [2.05, 4.69) is 66.8 Å². The molecule has 0 aliphatic carbocycles. The zero-order valence-corrected chi connectivity index (χ0v) is 34.2. The van der Waals surface area contributed by atoms with Gasteiger partial charge in [-0.2, -0.15) is 25.3 Å². The van der Waals surface area contributed by atoms with E-state index in [1.807, 2.05) is 0 Å². The van der Waals surface area contributed by atoms with Gasteiger partial charge >= 0.3 is 133 Å². The molecule has 0 saturated carbocycles. The Labute approximate surface area is 291 Å². The van der Waals surface area contributed by atoms with Crippen molar-refractivity contribution in [3.63, 3.8) is 0 Å². The van der Waals surface area contributed by atoms with E-state index in [4.69, 9.17) is 9.47 Å². The molecule has 0 spiro atoms. The molecule has 258 valence electrons. The predicted molar refractivity (Wildman–Crippen MR) is 198 cm³/mol. The summed E-state index contributed by atoms with van der Waals surface area (Å²) in [7, 11) is 0. The Morgan fingerprint density at radius 3 is 1.14 bits per heavy atom. The van der Waals surface area contributed by atoms with Gasteiger partial charge in [-0.25, -0.2) is 0 Å². The minimum atomic E-state index is -0.210. The number of hydrogen-bond acceptors (Lipinski definition) is 6. The van der Waals surface area contributed by atoms with E-state index < -0.39 is 0 Å². The van der Waals surface area contributed by atoms with Crippen LogP contribution in [0.2, 0.25) is 8.87 Å². The van der Waals surface area contributed by atoms with Crippen LogP contribution in [0.3, 0.4) is 0 Å². The van der Waals surface area contributed by atoms with Crippen LogP contribution in [0.25, 0.3) is 0 Å². The van der Waals surface area contributed by atoms with Crippen LogP contribution in [0, 0.1) is 11.8 Å². The minimum absolute atomic E-state index is 0.0736. The molecule has 2 radical (unpaired) electrons. The van der Waals surface area contributed by atoms with E-state index in [0.717, 1.165) is 25.7 Å². The van der Waals surface area contributed by atoms with E-state index in [9.17, 15) is 9.59 Å². The van der Waals surface area contributed by atoms with Crippen LogP contribution < -0.4 is 0 Å². The number of hydrogen-bond donors (Lipinski definition) is 2. The number of thiol groups is 2. The van der Waals surface area contributed by atoms with Gasteiger partial charge in [-0.05, 0) is 24.7 Å². The van der Waals surface area contributed by atoms with Gasteiger partial charge in [0.05, 0.1) is 24.7 Å². The number of carbonyl (C=O) groups is 2. The van der Waals surface area contributed by atoms with E-state index in [1.165, 1.54) is 89.9 Å². The van der Waals surface area contributed by atoms with Crippen LogP contribution in [0.15, 0.2) is 0 Å². The third-order valence-corrected chi connectivity index (χ3v) is 12.3. The number of carbonyl (C=O) groups excluding carboxylic acids is 2.